The molecule has 1 heterocycles. The van der Waals surface area contributed by atoms with Crippen molar-refractivity contribution in [2.24, 2.45) is 0 Å². The van der Waals surface area contributed by atoms with Crippen LogP contribution in [0.3, 0.4) is 0 Å². The van der Waals surface area contributed by atoms with Crippen molar-refractivity contribution in [1.82, 2.24) is 4.90 Å². The first-order valence-corrected chi connectivity index (χ1v) is 9.33. The number of hydrogen-bond acceptors (Lipinski definition) is 2. The van der Waals surface area contributed by atoms with E-state index in [0.717, 1.165) is 11.1 Å². The molecule has 27 heavy (non-hydrogen) atoms. The number of carbonyl (C=O) groups excluding carboxylic acids is 2. The van der Waals surface area contributed by atoms with Crippen LogP contribution in [0.25, 0.3) is 12.2 Å². The molecule has 1 amide bonds. The van der Waals surface area contributed by atoms with E-state index in [4.69, 9.17) is 0 Å². The summed E-state index contributed by atoms with van der Waals surface area (Å²) in [5.74, 6) is 0.0865. The Morgan fingerprint density at radius 1 is 0.852 bits per heavy atom. The summed E-state index contributed by atoms with van der Waals surface area (Å²) in [6, 6.07) is 16.1. The third-order valence-corrected chi connectivity index (χ3v) is 4.80. The third kappa shape index (κ3) is 4.62. The Bertz CT molecular complexity index is 835. The fourth-order valence-electron chi connectivity index (χ4n) is 3.17. The molecule has 2 aromatic carbocycles. The lowest BCUT2D eigenvalue weighted by Crippen LogP contribution is -2.41. The molecule has 0 aliphatic carbocycles. The molecular weight excluding hydrogens is 334 g/mol. The first-order valence-electron chi connectivity index (χ1n) is 9.33. The van der Waals surface area contributed by atoms with E-state index < -0.39 is 0 Å². The molecule has 3 heteroatoms. The van der Waals surface area contributed by atoms with Gasteiger partial charge < -0.3 is 4.90 Å². The number of ketones is 1. The lowest BCUT2D eigenvalue weighted by molar-refractivity contribution is -0.131. The summed E-state index contributed by atoms with van der Waals surface area (Å²) in [7, 11) is 0. The monoisotopic (exact) mass is 359 g/mol. The van der Waals surface area contributed by atoms with Crippen molar-refractivity contribution in [3.8, 4) is 0 Å². The molecule has 1 aliphatic heterocycles. The first-order chi connectivity index (χ1) is 13.0. The Morgan fingerprint density at radius 3 is 1.63 bits per heavy atom. The molecule has 0 atom stereocenters. The van der Waals surface area contributed by atoms with Gasteiger partial charge in [-0.25, -0.2) is 0 Å². The number of likely N-dealkylation sites (tertiary alicyclic amines) is 1. The van der Waals surface area contributed by atoms with Crippen LogP contribution in [0, 0.1) is 13.8 Å². The number of benzene rings is 2. The van der Waals surface area contributed by atoms with Gasteiger partial charge >= 0.3 is 0 Å². The van der Waals surface area contributed by atoms with E-state index in [1.165, 1.54) is 11.1 Å². The molecule has 3 rings (SSSR count). The highest BCUT2D eigenvalue weighted by atomic mass is 16.2. The van der Waals surface area contributed by atoms with Gasteiger partial charge in [0.15, 0.2) is 5.78 Å². The lowest BCUT2D eigenvalue weighted by Gasteiger charge is -2.29. The van der Waals surface area contributed by atoms with Crippen LogP contribution < -0.4 is 0 Å². The largest absolute Gasteiger partial charge is 0.334 e. The zero-order chi connectivity index (χ0) is 19.4. The third-order valence-electron chi connectivity index (χ3n) is 4.80. The standard InChI is InChI=1S/C24H25NO2/c1-4-23(26)25-15-21(13-19-9-5-17(2)6-10-19)24(27)22(16-25)14-20-11-7-18(3)8-12-20/h5-14H,4,15-16H2,1-3H3/b21-13+,22-14+. The van der Waals surface area contributed by atoms with E-state index in [1.807, 2.05) is 81.5 Å². The molecule has 2 aromatic rings. The molecule has 138 valence electrons. The Morgan fingerprint density at radius 2 is 1.26 bits per heavy atom. The maximum absolute atomic E-state index is 13.1. The molecule has 1 aliphatic rings. The summed E-state index contributed by atoms with van der Waals surface area (Å²) >= 11 is 0. The summed E-state index contributed by atoms with van der Waals surface area (Å²) in [5, 5.41) is 0. The predicted octanol–water partition coefficient (Wildman–Crippen LogP) is 4.59. The number of Topliss-reactive ketones (excluding diaryl/α,β-unsaturated/α-hetero) is 1. The molecule has 1 saturated heterocycles. The normalized spacial score (nSPS) is 17.6. The van der Waals surface area contributed by atoms with Gasteiger partial charge in [0.05, 0.1) is 0 Å². The van der Waals surface area contributed by atoms with Crippen molar-refractivity contribution in [3.63, 3.8) is 0 Å². The molecule has 1 fully saturated rings. The van der Waals surface area contributed by atoms with Gasteiger partial charge in [-0.2, -0.15) is 0 Å². The van der Waals surface area contributed by atoms with Crippen molar-refractivity contribution in [2.45, 2.75) is 27.2 Å². The molecular formula is C24H25NO2. The molecule has 0 radical (unpaired) electrons. The van der Waals surface area contributed by atoms with E-state index >= 15 is 0 Å². The zero-order valence-electron chi connectivity index (χ0n) is 16.2. The highest BCUT2D eigenvalue weighted by Gasteiger charge is 2.28. The highest BCUT2D eigenvalue weighted by molar-refractivity contribution is 6.15. The maximum atomic E-state index is 13.1. The lowest BCUT2D eigenvalue weighted by atomic mass is 9.93. The van der Waals surface area contributed by atoms with E-state index in [0.29, 0.717) is 30.7 Å². The van der Waals surface area contributed by atoms with Crippen LogP contribution in [-0.2, 0) is 9.59 Å². The minimum Gasteiger partial charge on any atom is -0.334 e. The van der Waals surface area contributed by atoms with Crippen LogP contribution in [0.15, 0.2) is 59.7 Å². The van der Waals surface area contributed by atoms with Crippen LogP contribution >= 0.6 is 0 Å². The van der Waals surface area contributed by atoms with Crippen molar-refractivity contribution in [1.29, 1.82) is 0 Å². The molecule has 0 N–H and O–H groups in total. The van der Waals surface area contributed by atoms with Crippen LogP contribution in [0.2, 0.25) is 0 Å². The maximum Gasteiger partial charge on any atom is 0.222 e. The first kappa shape index (κ1) is 18.8. The average molecular weight is 359 g/mol. The van der Waals surface area contributed by atoms with Crippen LogP contribution in [0.1, 0.15) is 35.6 Å². The number of carbonyl (C=O) groups is 2. The van der Waals surface area contributed by atoms with Gasteiger partial charge in [0.1, 0.15) is 0 Å². The van der Waals surface area contributed by atoms with Crippen LogP contribution in [0.5, 0.6) is 0 Å². The van der Waals surface area contributed by atoms with Crippen molar-refractivity contribution < 1.29 is 9.59 Å². The summed E-state index contributed by atoms with van der Waals surface area (Å²) in [6.07, 6.45) is 4.24. The van der Waals surface area contributed by atoms with Gasteiger partial charge in [0.2, 0.25) is 5.91 Å². The number of aryl methyl sites for hydroxylation is 2. The minimum atomic E-state index is 0.0244. The number of rotatable bonds is 3. The highest BCUT2D eigenvalue weighted by Crippen LogP contribution is 2.23. The van der Waals surface area contributed by atoms with Crippen LogP contribution in [-0.4, -0.2) is 29.7 Å². The molecule has 0 aromatic heterocycles. The van der Waals surface area contributed by atoms with Crippen molar-refractivity contribution in [3.05, 3.63) is 81.9 Å². The van der Waals surface area contributed by atoms with Crippen LogP contribution in [0.4, 0.5) is 0 Å². The fraction of sp³-hybridized carbons (Fsp3) is 0.250. The van der Waals surface area contributed by atoms with E-state index in [9.17, 15) is 9.59 Å². The molecule has 0 bridgehead atoms. The van der Waals surface area contributed by atoms with Gasteiger partial charge in [0.25, 0.3) is 0 Å². The Balaban J connectivity index is 1.97. The second kappa shape index (κ2) is 8.17. The number of hydrogen-bond donors (Lipinski definition) is 0. The Labute approximate surface area is 161 Å². The smallest absolute Gasteiger partial charge is 0.222 e. The number of nitrogens with zero attached hydrogens (tertiary/aromatic N) is 1. The second-order valence-corrected chi connectivity index (χ2v) is 7.09. The second-order valence-electron chi connectivity index (χ2n) is 7.09. The summed E-state index contributed by atoms with van der Waals surface area (Å²) in [6.45, 7) is 6.65. The van der Waals surface area contributed by atoms with E-state index in [-0.39, 0.29) is 11.7 Å². The van der Waals surface area contributed by atoms with E-state index in [1.54, 1.807) is 4.90 Å². The Kier molecular flexibility index (Phi) is 5.70. The zero-order valence-corrected chi connectivity index (χ0v) is 16.2. The molecule has 3 nitrogen and oxygen atoms in total. The topological polar surface area (TPSA) is 37.4 Å². The van der Waals surface area contributed by atoms with Gasteiger partial charge in [-0.1, -0.05) is 66.6 Å². The van der Waals surface area contributed by atoms with Gasteiger partial charge in [-0.15, -0.1) is 0 Å². The SMILES string of the molecule is CCC(=O)N1C/C(=C\c2ccc(C)cc2)C(=O)/C(=C/c2ccc(C)cc2)C1. The van der Waals surface area contributed by atoms with Crippen molar-refractivity contribution >= 4 is 23.8 Å². The van der Waals surface area contributed by atoms with Gasteiger partial charge in [0, 0.05) is 30.7 Å². The van der Waals surface area contributed by atoms with E-state index in [2.05, 4.69) is 0 Å². The molecule has 0 spiro atoms. The quantitative estimate of drug-likeness (QED) is 0.752. The summed E-state index contributed by atoms with van der Waals surface area (Å²) in [5.41, 5.74) is 5.62. The average Bonchev–Trinajstić information content (AvgIpc) is 2.67. The van der Waals surface area contributed by atoms with Gasteiger partial charge in [-0.05, 0) is 37.1 Å². The van der Waals surface area contributed by atoms with Crippen molar-refractivity contribution in [2.75, 3.05) is 13.1 Å². The number of piperidine rings is 1. The number of amides is 1. The Hall–Kier alpha value is -2.94. The fourth-order valence-corrected chi connectivity index (χ4v) is 3.17. The van der Waals surface area contributed by atoms with Gasteiger partial charge in [-0.3, -0.25) is 9.59 Å². The summed E-state index contributed by atoms with van der Waals surface area (Å²) < 4.78 is 0. The minimum absolute atomic E-state index is 0.0244. The predicted molar refractivity (Wildman–Crippen MR) is 110 cm³/mol. The molecule has 0 unspecified atom stereocenters. The summed E-state index contributed by atoms with van der Waals surface area (Å²) in [4.78, 5) is 27.1. The molecule has 0 saturated carbocycles.